The molecule has 3 aromatic carbocycles. The van der Waals surface area contributed by atoms with Crippen molar-refractivity contribution in [2.75, 3.05) is 4.90 Å². The number of aryl methyl sites for hydroxylation is 1. The maximum absolute atomic E-state index is 13.8. The molecule has 0 aromatic heterocycles. The van der Waals surface area contributed by atoms with Crippen molar-refractivity contribution in [3.8, 4) is 0 Å². The predicted molar refractivity (Wildman–Crippen MR) is 112 cm³/mol. The third kappa shape index (κ3) is 1.88. The van der Waals surface area contributed by atoms with E-state index in [-0.39, 0.29) is 29.6 Å². The molecule has 1 fully saturated rings. The van der Waals surface area contributed by atoms with E-state index in [0.29, 0.717) is 5.69 Å². The van der Waals surface area contributed by atoms with Gasteiger partial charge in [0.25, 0.3) is 0 Å². The van der Waals surface area contributed by atoms with Crippen molar-refractivity contribution in [2.45, 2.75) is 25.2 Å². The van der Waals surface area contributed by atoms with Gasteiger partial charge in [0.1, 0.15) is 0 Å². The van der Waals surface area contributed by atoms with E-state index in [0.717, 1.165) is 5.56 Å². The minimum Gasteiger partial charge on any atom is -0.274 e. The van der Waals surface area contributed by atoms with Gasteiger partial charge in [0.05, 0.1) is 17.5 Å². The zero-order chi connectivity index (χ0) is 19.9. The lowest BCUT2D eigenvalue weighted by Crippen LogP contribution is -2.51. The Morgan fingerprint density at radius 1 is 0.793 bits per heavy atom. The molecule has 1 aliphatic heterocycles. The fraction of sp³-hybridized carbons (Fsp3) is 0.231. The minimum absolute atomic E-state index is 0.0640. The Balaban J connectivity index is 1.63. The molecule has 2 atom stereocenters. The molecule has 2 amide bonds. The first kappa shape index (κ1) is 16.7. The summed E-state index contributed by atoms with van der Waals surface area (Å²) in [7, 11) is 0. The molecule has 2 bridgehead atoms. The van der Waals surface area contributed by atoms with Crippen LogP contribution in [-0.2, 0) is 15.0 Å². The van der Waals surface area contributed by atoms with Gasteiger partial charge in [0.15, 0.2) is 0 Å². The van der Waals surface area contributed by atoms with Crippen LogP contribution in [0.1, 0.15) is 40.7 Å². The summed E-state index contributed by atoms with van der Waals surface area (Å²) in [5.41, 5.74) is 6.00. The van der Waals surface area contributed by atoms with Crippen LogP contribution in [0.5, 0.6) is 0 Å². The largest absolute Gasteiger partial charge is 0.274 e. The van der Waals surface area contributed by atoms with E-state index in [1.807, 2.05) is 55.5 Å². The van der Waals surface area contributed by atoms with Gasteiger partial charge in [-0.3, -0.25) is 9.59 Å². The van der Waals surface area contributed by atoms with Gasteiger partial charge in [-0.05, 0) is 46.9 Å². The van der Waals surface area contributed by atoms with E-state index < -0.39 is 5.41 Å². The van der Waals surface area contributed by atoms with Gasteiger partial charge in [-0.25, -0.2) is 4.90 Å². The van der Waals surface area contributed by atoms with E-state index in [1.165, 1.54) is 27.2 Å². The summed E-state index contributed by atoms with van der Waals surface area (Å²) < 4.78 is 0. The molecule has 29 heavy (non-hydrogen) atoms. The molecular formula is C26H21NO2. The van der Waals surface area contributed by atoms with Gasteiger partial charge in [-0.2, -0.15) is 0 Å². The summed E-state index contributed by atoms with van der Waals surface area (Å²) >= 11 is 0. The highest BCUT2D eigenvalue weighted by Crippen LogP contribution is 2.64. The summed E-state index contributed by atoms with van der Waals surface area (Å²) in [5, 5.41) is 0. The highest BCUT2D eigenvalue weighted by Gasteiger charge is 2.66. The van der Waals surface area contributed by atoms with E-state index in [2.05, 4.69) is 31.2 Å². The zero-order valence-corrected chi connectivity index (χ0v) is 16.4. The molecule has 3 heteroatoms. The number of hydrogen-bond donors (Lipinski definition) is 0. The molecule has 3 aliphatic carbocycles. The van der Waals surface area contributed by atoms with Gasteiger partial charge >= 0.3 is 0 Å². The molecule has 0 saturated carbocycles. The van der Waals surface area contributed by atoms with Crippen molar-refractivity contribution in [3.05, 3.63) is 101 Å². The first-order valence-electron chi connectivity index (χ1n) is 10.2. The van der Waals surface area contributed by atoms with Gasteiger partial charge in [-0.1, -0.05) is 67.6 Å². The Labute approximate surface area is 170 Å². The Morgan fingerprint density at radius 3 is 2.03 bits per heavy atom. The van der Waals surface area contributed by atoms with Crippen molar-refractivity contribution in [1.82, 2.24) is 0 Å². The van der Waals surface area contributed by atoms with E-state index in [1.54, 1.807) is 0 Å². The average Bonchev–Trinajstić information content (AvgIpc) is 3.00. The number of rotatable bonds is 1. The first-order valence-corrected chi connectivity index (χ1v) is 10.2. The third-order valence-electron chi connectivity index (χ3n) is 7.30. The van der Waals surface area contributed by atoms with Gasteiger partial charge < -0.3 is 0 Å². The van der Waals surface area contributed by atoms with Crippen LogP contribution in [0.2, 0.25) is 0 Å². The molecule has 0 unspecified atom stereocenters. The van der Waals surface area contributed by atoms with Gasteiger partial charge in [0.2, 0.25) is 11.8 Å². The molecular weight excluding hydrogens is 358 g/mol. The summed E-state index contributed by atoms with van der Waals surface area (Å²) in [6.07, 6.45) is 0. The molecule has 1 heterocycles. The Morgan fingerprint density at radius 2 is 1.41 bits per heavy atom. The standard InChI is InChI=1S/C26H21NO2/c1-15-8-7-9-16(14-15)27-24(28)22-21-17-10-3-5-12-19(17)26(2,23(22)25(27)29)20-13-6-4-11-18(20)21/h3-14,21-23H,1-2H3/t21?,22-,23+,26?/m1/s1. The summed E-state index contributed by atoms with van der Waals surface area (Å²) in [5.74, 6) is -0.920. The van der Waals surface area contributed by atoms with Crippen molar-refractivity contribution >= 4 is 17.5 Å². The Kier molecular flexibility index (Phi) is 3.14. The molecule has 0 N–H and O–H groups in total. The van der Waals surface area contributed by atoms with Gasteiger partial charge in [-0.15, -0.1) is 0 Å². The number of benzene rings is 3. The molecule has 3 aromatic rings. The number of imide groups is 1. The number of carbonyl (C=O) groups excluding carboxylic acids is 2. The summed E-state index contributed by atoms with van der Waals surface area (Å²) in [6.45, 7) is 4.14. The maximum Gasteiger partial charge on any atom is 0.238 e. The monoisotopic (exact) mass is 379 g/mol. The second kappa shape index (κ2) is 5.44. The van der Waals surface area contributed by atoms with Crippen molar-refractivity contribution < 1.29 is 9.59 Å². The van der Waals surface area contributed by atoms with Crippen LogP contribution in [-0.4, -0.2) is 11.8 Å². The van der Waals surface area contributed by atoms with Crippen LogP contribution in [0.25, 0.3) is 0 Å². The lowest BCUT2D eigenvalue weighted by atomic mass is 9.48. The molecule has 4 aliphatic rings. The molecule has 1 saturated heterocycles. The normalized spacial score (nSPS) is 28.9. The van der Waals surface area contributed by atoms with Crippen LogP contribution in [0.4, 0.5) is 5.69 Å². The second-order valence-electron chi connectivity index (χ2n) is 8.71. The SMILES string of the molecule is Cc1cccc(N2C(=O)[C@@H]3C4c5ccccc5C(C)(c5ccccc54)[C@@H]3C2=O)c1. The highest BCUT2D eigenvalue weighted by atomic mass is 16.2. The minimum atomic E-state index is -0.502. The fourth-order valence-electron chi connectivity index (χ4n) is 6.17. The number of anilines is 1. The van der Waals surface area contributed by atoms with Crippen LogP contribution in [0.3, 0.4) is 0 Å². The van der Waals surface area contributed by atoms with Crippen LogP contribution < -0.4 is 4.90 Å². The maximum atomic E-state index is 13.8. The number of nitrogens with zero attached hydrogens (tertiary/aromatic N) is 1. The van der Waals surface area contributed by atoms with Crippen LogP contribution in [0.15, 0.2) is 72.8 Å². The molecule has 0 radical (unpaired) electrons. The van der Waals surface area contributed by atoms with E-state index >= 15 is 0 Å². The Hall–Kier alpha value is -3.20. The number of hydrogen-bond acceptors (Lipinski definition) is 2. The number of carbonyl (C=O) groups is 2. The average molecular weight is 379 g/mol. The summed E-state index contributed by atoms with van der Waals surface area (Å²) in [6, 6.07) is 24.4. The quantitative estimate of drug-likeness (QED) is 0.581. The highest BCUT2D eigenvalue weighted by molar-refractivity contribution is 6.23. The molecule has 142 valence electrons. The smallest absolute Gasteiger partial charge is 0.238 e. The lowest BCUT2D eigenvalue weighted by Gasteiger charge is -2.52. The van der Waals surface area contributed by atoms with Crippen molar-refractivity contribution in [2.24, 2.45) is 11.8 Å². The fourth-order valence-corrected chi connectivity index (χ4v) is 6.17. The molecule has 7 rings (SSSR count). The Bertz CT molecular complexity index is 1160. The van der Waals surface area contributed by atoms with Crippen LogP contribution >= 0.6 is 0 Å². The van der Waals surface area contributed by atoms with E-state index in [4.69, 9.17) is 0 Å². The van der Waals surface area contributed by atoms with Crippen molar-refractivity contribution in [1.29, 1.82) is 0 Å². The molecule has 0 spiro atoms. The second-order valence-corrected chi connectivity index (χ2v) is 8.71. The van der Waals surface area contributed by atoms with E-state index in [9.17, 15) is 9.59 Å². The molecule has 3 nitrogen and oxygen atoms in total. The van der Waals surface area contributed by atoms with Crippen molar-refractivity contribution in [3.63, 3.8) is 0 Å². The van der Waals surface area contributed by atoms with Gasteiger partial charge in [0, 0.05) is 11.3 Å². The first-order chi connectivity index (χ1) is 14.0. The third-order valence-corrected chi connectivity index (χ3v) is 7.30. The summed E-state index contributed by atoms with van der Waals surface area (Å²) in [4.78, 5) is 29.0. The number of amides is 2. The lowest BCUT2D eigenvalue weighted by molar-refractivity contribution is -0.123. The zero-order valence-electron chi connectivity index (χ0n) is 16.4. The topological polar surface area (TPSA) is 37.4 Å². The predicted octanol–water partition coefficient (Wildman–Crippen LogP) is 4.57. The van der Waals surface area contributed by atoms with Crippen LogP contribution in [0, 0.1) is 18.8 Å².